The molecule has 0 saturated heterocycles. The number of imide groups is 1. The number of hydrogen-bond acceptors (Lipinski definition) is 4. The predicted octanol–water partition coefficient (Wildman–Crippen LogP) is 3.71. The Morgan fingerprint density at radius 1 is 0.871 bits per heavy atom. The Labute approximate surface area is 182 Å². The van der Waals surface area contributed by atoms with Crippen molar-refractivity contribution in [3.63, 3.8) is 0 Å². The Bertz CT molecular complexity index is 987. The number of hydrogen-bond donors (Lipinski definition) is 3. The van der Waals surface area contributed by atoms with Crippen LogP contribution < -0.4 is 20.7 Å². The van der Waals surface area contributed by atoms with Crippen LogP contribution in [-0.4, -0.2) is 25.6 Å². The second-order valence-electron chi connectivity index (χ2n) is 7.21. The maximum Gasteiger partial charge on any atom is 0.321 e. The fourth-order valence-corrected chi connectivity index (χ4v) is 3.17. The molecule has 0 fully saturated rings. The number of urea groups is 1. The van der Waals surface area contributed by atoms with Crippen LogP contribution in [0, 0.1) is 6.92 Å². The predicted molar refractivity (Wildman–Crippen MR) is 121 cm³/mol. The molecule has 6 nitrogen and oxygen atoms in total. The van der Waals surface area contributed by atoms with Crippen molar-refractivity contribution in [3.05, 3.63) is 101 Å². The zero-order valence-corrected chi connectivity index (χ0v) is 17.7. The average molecular weight is 418 g/mol. The molecule has 0 heterocycles. The Morgan fingerprint density at radius 3 is 2.10 bits per heavy atom. The first kappa shape index (κ1) is 22.1. The lowest BCUT2D eigenvalue weighted by Crippen LogP contribution is -2.43. The lowest BCUT2D eigenvalue weighted by atomic mass is 9.97. The molecule has 0 radical (unpaired) electrons. The van der Waals surface area contributed by atoms with Crippen molar-refractivity contribution >= 4 is 11.9 Å². The Kier molecular flexibility index (Phi) is 7.79. The third-order valence-corrected chi connectivity index (χ3v) is 4.88. The first-order valence-electron chi connectivity index (χ1n) is 10.1. The summed E-state index contributed by atoms with van der Waals surface area (Å²) >= 11 is 0. The minimum atomic E-state index is -0.521. The zero-order chi connectivity index (χ0) is 22.1. The van der Waals surface area contributed by atoms with Crippen molar-refractivity contribution in [2.45, 2.75) is 19.5 Å². The summed E-state index contributed by atoms with van der Waals surface area (Å²) in [5.74, 6) is 0.357. The number of carbonyl (C=O) groups excluding carboxylic acids is 2. The van der Waals surface area contributed by atoms with Gasteiger partial charge in [-0.3, -0.25) is 15.4 Å². The van der Waals surface area contributed by atoms with E-state index < -0.39 is 11.9 Å². The summed E-state index contributed by atoms with van der Waals surface area (Å²) in [5.41, 5.74) is 4.13. The second-order valence-corrected chi connectivity index (χ2v) is 7.21. The summed E-state index contributed by atoms with van der Waals surface area (Å²) in [7, 11) is 1.62. The molecule has 0 aliphatic heterocycles. The van der Waals surface area contributed by atoms with E-state index in [4.69, 9.17) is 4.74 Å². The van der Waals surface area contributed by atoms with Crippen LogP contribution in [0.4, 0.5) is 4.79 Å². The van der Waals surface area contributed by atoms with E-state index in [2.05, 4.69) is 16.0 Å². The van der Waals surface area contributed by atoms with Crippen LogP contribution in [0.3, 0.4) is 0 Å². The van der Waals surface area contributed by atoms with E-state index >= 15 is 0 Å². The minimum absolute atomic E-state index is 0.0106. The maximum absolute atomic E-state index is 12.3. The highest BCUT2D eigenvalue weighted by Gasteiger charge is 2.16. The number of amides is 3. The van der Waals surface area contributed by atoms with Crippen LogP contribution in [0.2, 0.25) is 0 Å². The van der Waals surface area contributed by atoms with Crippen LogP contribution in [0.25, 0.3) is 0 Å². The molecule has 3 aromatic rings. The molecule has 0 aliphatic rings. The number of ether oxygens (including phenoxy) is 1. The van der Waals surface area contributed by atoms with Crippen LogP contribution >= 0.6 is 0 Å². The van der Waals surface area contributed by atoms with Crippen molar-refractivity contribution < 1.29 is 14.3 Å². The molecule has 3 aromatic carbocycles. The topological polar surface area (TPSA) is 79.5 Å². The molecular formula is C25H27N3O3. The Balaban J connectivity index is 1.60. The van der Waals surface area contributed by atoms with Crippen molar-refractivity contribution in [1.82, 2.24) is 16.0 Å². The molecule has 0 spiro atoms. The quantitative estimate of drug-likeness (QED) is 0.522. The van der Waals surface area contributed by atoms with Gasteiger partial charge in [-0.25, -0.2) is 4.79 Å². The summed E-state index contributed by atoms with van der Waals surface area (Å²) in [6.45, 7) is 2.37. The molecule has 3 N–H and O–H groups in total. The summed E-state index contributed by atoms with van der Waals surface area (Å²) in [5, 5.41) is 8.31. The van der Waals surface area contributed by atoms with E-state index in [1.165, 1.54) is 0 Å². The molecule has 160 valence electrons. The minimum Gasteiger partial charge on any atom is -0.497 e. The molecular weight excluding hydrogens is 390 g/mol. The lowest BCUT2D eigenvalue weighted by molar-refractivity contribution is -0.119. The number of methoxy groups -OCH3 is 1. The van der Waals surface area contributed by atoms with Gasteiger partial charge in [0.1, 0.15) is 5.75 Å². The van der Waals surface area contributed by atoms with Gasteiger partial charge in [-0.1, -0.05) is 72.3 Å². The average Bonchev–Trinajstić information content (AvgIpc) is 2.80. The fraction of sp³-hybridized carbons (Fsp3) is 0.200. The van der Waals surface area contributed by atoms with Crippen LogP contribution in [-0.2, 0) is 11.3 Å². The largest absolute Gasteiger partial charge is 0.497 e. The molecule has 3 amide bonds. The van der Waals surface area contributed by atoms with Crippen molar-refractivity contribution in [2.75, 3.05) is 13.7 Å². The van der Waals surface area contributed by atoms with Gasteiger partial charge in [0.2, 0.25) is 5.91 Å². The highest BCUT2D eigenvalue weighted by atomic mass is 16.5. The zero-order valence-electron chi connectivity index (χ0n) is 17.7. The summed E-state index contributed by atoms with van der Waals surface area (Å²) in [6, 6.07) is 24.6. The molecule has 0 saturated carbocycles. The molecule has 6 heteroatoms. The third kappa shape index (κ3) is 6.69. The number of carbonyl (C=O) groups is 2. The maximum atomic E-state index is 12.3. The van der Waals surface area contributed by atoms with Gasteiger partial charge in [0.15, 0.2) is 0 Å². The molecule has 3 rings (SSSR count). The molecule has 0 aliphatic carbocycles. The van der Waals surface area contributed by atoms with E-state index in [-0.39, 0.29) is 12.6 Å². The summed E-state index contributed by atoms with van der Waals surface area (Å²) < 4.78 is 5.24. The van der Waals surface area contributed by atoms with Crippen LogP contribution in [0.5, 0.6) is 5.75 Å². The van der Waals surface area contributed by atoms with Crippen molar-refractivity contribution in [3.8, 4) is 5.75 Å². The van der Waals surface area contributed by atoms with Crippen LogP contribution in [0.15, 0.2) is 78.9 Å². The third-order valence-electron chi connectivity index (χ3n) is 4.88. The van der Waals surface area contributed by atoms with E-state index in [0.717, 1.165) is 28.0 Å². The molecule has 1 unspecified atom stereocenters. The SMILES string of the molecule is COc1ccc(C(NCC(=O)NC(=O)NCc2ccccc2)c2ccc(C)cc2)cc1. The van der Waals surface area contributed by atoms with E-state index in [1.807, 2.05) is 85.8 Å². The smallest absolute Gasteiger partial charge is 0.321 e. The van der Waals surface area contributed by atoms with Gasteiger partial charge in [-0.15, -0.1) is 0 Å². The van der Waals surface area contributed by atoms with Crippen molar-refractivity contribution in [2.24, 2.45) is 0 Å². The first-order chi connectivity index (χ1) is 15.0. The highest BCUT2D eigenvalue weighted by Crippen LogP contribution is 2.24. The second kappa shape index (κ2) is 10.9. The summed E-state index contributed by atoms with van der Waals surface area (Å²) in [6.07, 6.45) is 0. The lowest BCUT2D eigenvalue weighted by Gasteiger charge is -2.20. The normalized spacial score (nSPS) is 11.4. The van der Waals surface area contributed by atoms with E-state index in [1.54, 1.807) is 7.11 Å². The molecule has 31 heavy (non-hydrogen) atoms. The standard InChI is InChI=1S/C25H27N3O3/c1-18-8-10-20(11-9-18)24(21-12-14-22(31-2)15-13-21)26-17-23(29)28-25(30)27-16-19-6-4-3-5-7-19/h3-15,24,26H,16-17H2,1-2H3,(H2,27,28,29,30). The van der Waals surface area contributed by atoms with Crippen LogP contribution in [0.1, 0.15) is 28.3 Å². The number of nitrogens with one attached hydrogen (secondary N) is 3. The fourth-order valence-electron chi connectivity index (χ4n) is 3.17. The van der Waals surface area contributed by atoms with Gasteiger partial charge >= 0.3 is 6.03 Å². The number of rotatable bonds is 8. The van der Waals surface area contributed by atoms with Gasteiger partial charge in [-0.05, 0) is 35.7 Å². The Hall–Kier alpha value is -3.64. The number of benzene rings is 3. The van der Waals surface area contributed by atoms with Gasteiger partial charge in [0.05, 0.1) is 19.7 Å². The van der Waals surface area contributed by atoms with Gasteiger partial charge in [0, 0.05) is 6.54 Å². The number of aryl methyl sites for hydroxylation is 1. The van der Waals surface area contributed by atoms with Gasteiger partial charge < -0.3 is 10.1 Å². The Morgan fingerprint density at radius 2 is 1.48 bits per heavy atom. The van der Waals surface area contributed by atoms with Gasteiger partial charge in [0.25, 0.3) is 0 Å². The highest BCUT2D eigenvalue weighted by molar-refractivity contribution is 5.95. The van der Waals surface area contributed by atoms with Crippen molar-refractivity contribution in [1.29, 1.82) is 0 Å². The first-order valence-corrected chi connectivity index (χ1v) is 10.1. The van der Waals surface area contributed by atoms with E-state index in [0.29, 0.717) is 6.54 Å². The molecule has 0 bridgehead atoms. The van der Waals surface area contributed by atoms with E-state index in [9.17, 15) is 9.59 Å². The summed E-state index contributed by atoms with van der Waals surface area (Å²) in [4.78, 5) is 24.4. The molecule has 0 aromatic heterocycles. The van der Waals surface area contributed by atoms with Gasteiger partial charge in [-0.2, -0.15) is 0 Å². The molecule has 1 atom stereocenters. The monoisotopic (exact) mass is 417 g/mol.